The van der Waals surface area contributed by atoms with Crippen molar-refractivity contribution in [1.29, 1.82) is 0 Å². The molecule has 140 valence electrons. The lowest BCUT2D eigenvalue weighted by atomic mass is 9.92. The molecule has 0 spiro atoms. The Kier molecular flexibility index (Phi) is 5.40. The van der Waals surface area contributed by atoms with E-state index < -0.39 is 0 Å². The maximum Gasteiger partial charge on any atom is 0.277 e. The van der Waals surface area contributed by atoms with E-state index in [9.17, 15) is 4.39 Å². The van der Waals surface area contributed by atoms with Gasteiger partial charge in [0.2, 0.25) is 0 Å². The minimum atomic E-state index is -0.232. The second-order valence-electron chi connectivity index (χ2n) is 7.72. The summed E-state index contributed by atoms with van der Waals surface area (Å²) in [6, 6.07) is 19.0. The highest BCUT2D eigenvalue weighted by Crippen LogP contribution is 2.47. The lowest BCUT2D eigenvalue weighted by molar-refractivity contribution is 0.300. The fraction of sp³-hybridized carbons (Fsp3) is 0.435. The minimum absolute atomic E-state index is 0.232. The summed E-state index contributed by atoms with van der Waals surface area (Å²) >= 11 is 0. The van der Waals surface area contributed by atoms with Crippen LogP contribution < -0.4 is 10.5 Å². The van der Waals surface area contributed by atoms with Crippen molar-refractivity contribution in [1.82, 2.24) is 0 Å². The zero-order chi connectivity index (χ0) is 18.6. The van der Waals surface area contributed by atoms with Gasteiger partial charge in [0.25, 0.3) is 12.1 Å². The first-order chi connectivity index (χ1) is 13.2. The molecule has 2 aromatic carbocycles. The van der Waals surface area contributed by atoms with Crippen LogP contribution in [0.25, 0.3) is 4.85 Å². The molecule has 4 heteroatoms. The number of nitrogens with two attached hydrogens (primary N) is 1. The van der Waals surface area contributed by atoms with Crippen LogP contribution in [0.5, 0.6) is 5.75 Å². The molecule has 0 heterocycles. The molecule has 0 aromatic heterocycles. The van der Waals surface area contributed by atoms with Gasteiger partial charge in [-0.2, -0.15) is 0 Å². The number of benzene rings is 2. The quantitative estimate of drug-likeness (QED) is 0.818. The molecule has 4 rings (SSSR count). The van der Waals surface area contributed by atoms with Gasteiger partial charge in [-0.15, -0.1) is 0 Å². The van der Waals surface area contributed by atoms with Crippen LogP contribution in [0.3, 0.4) is 0 Å². The molecule has 2 aromatic rings. The van der Waals surface area contributed by atoms with Gasteiger partial charge in [0.15, 0.2) is 0 Å². The van der Waals surface area contributed by atoms with Crippen LogP contribution in [-0.2, 0) is 6.61 Å². The van der Waals surface area contributed by atoms with Gasteiger partial charge in [0.1, 0.15) is 18.2 Å². The monoisotopic (exact) mass is 365 g/mol. The summed E-state index contributed by atoms with van der Waals surface area (Å²) in [4.78, 5) is 4.68. The maximum absolute atomic E-state index is 13.6. The Morgan fingerprint density at radius 2 is 1.78 bits per heavy atom. The van der Waals surface area contributed by atoms with E-state index in [1.54, 1.807) is 12.1 Å². The molecule has 3 nitrogen and oxygen atoms in total. The molecule has 2 N–H and O–H groups in total. The second-order valence-corrected chi connectivity index (χ2v) is 7.72. The first-order valence-corrected chi connectivity index (χ1v) is 9.86. The predicted octanol–water partition coefficient (Wildman–Crippen LogP) is 5.11. The molecule has 27 heavy (non-hydrogen) atoms. The molecule has 2 aliphatic rings. The van der Waals surface area contributed by atoms with Crippen molar-refractivity contribution in [2.75, 3.05) is 0 Å². The maximum atomic E-state index is 13.6. The molecule has 0 radical (unpaired) electrons. The van der Waals surface area contributed by atoms with Gasteiger partial charge in [-0.25, -0.2) is 4.39 Å². The van der Waals surface area contributed by atoms with Crippen LogP contribution in [0.4, 0.5) is 4.39 Å². The molecule has 0 aliphatic heterocycles. The largest absolute Gasteiger partial charge is 0.489 e. The van der Waals surface area contributed by atoms with Crippen LogP contribution in [0.15, 0.2) is 48.5 Å². The van der Waals surface area contributed by atoms with Crippen molar-refractivity contribution >= 4 is 0 Å². The lowest BCUT2D eigenvalue weighted by Crippen LogP contribution is -2.27. The highest BCUT2D eigenvalue weighted by atomic mass is 19.1. The predicted molar refractivity (Wildman–Crippen MR) is 106 cm³/mol. The number of hydrogen-bond acceptors (Lipinski definition) is 2. The van der Waals surface area contributed by atoms with Gasteiger partial charge >= 0.3 is 0 Å². The third-order valence-electron chi connectivity index (χ3n) is 5.62. The van der Waals surface area contributed by atoms with Crippen LogP contribution in [0.1, 0.15) is 49.1 Å². The Morgan fingerprint density at radius 1 is 1.04 bits per heavy atom. The fourth-order valence-corrected chi connectivity index (χ4v) is 3.73. The normalized spacial score (nSPS) is 26.7. The summed E-state index contributed by atoms with van der Waals surface area (Å²) in [7, 11) is 0. The SMILES string of the molecule is N[C@H]1CC[C@H]([N+]#CC2C[C@@H]2c2ccc(OCc3ccccc3F)cc2)CC1. The van der Waals surface area contributed by atoms with Crippen molar-refractivity contribution in [3.63, 3.8) is 0 Å². The van der Waals surface area contributed by atoms with Crippen LogP contribution in [-0.4, -0.2) is 12.1 Å². The second kappa shape index (κ2) is 8.10. The molecular formula is C23H26FN2O+. The van der Waals surface area contributed by atoms with Crippen molar-refractivity contribution in [3.8, 4) is 11.8 Å². The smallest absolute Gasteiger partial charge is 0.277 e. The van der Waals surface area contributed by atoms with Gasteiger partial charge in [0, 0.05) is 30.4 Å². The van der Waals surface area contributed by atoms with E-state index in [4.69, 9.17) is 10.5 Å². The Balaban J connectivity index is 1.28. The highest BCUT2D eigenvalue weighted by molar-refractivity contribution is 5.35. The summed E-state index contributed by atoms with van der Waals surface area (Å²) in [5, 5.41) is 0. The molecule has 2 fully saturated rings. The van der Waals surface area contributed by atoms with E-state index in [2.05, 4.69) is 23.0 Å². The standard InChI is InChI=1S/C23H26FN2O/c24-23-4-2-1-3-17(23)15-27-21-11-5-16(6-12-21)22-13-18(22)14-26-20-9-7-19(25)8-10-20/h1-6,11-12,18-20,22H,7-10,13,15,25H2/q+1/t18?,19-,20-,22-/m1/s1. The Hall–Kier alpha value is -2.38. The summed E-state index contributed by atoms with van der Waals surface area (Å²) < 4.78 is 19.3. The Labute approximate surface area is 160 Å². The first kappa shape index (κ1) is 18.0. The highest BCUT2D eigenvalue weighted by Gasteiger charge is 2.42. The van der Waals surface area contributed by atoms with Crippen molar-refractivity contribution in [3.05, 3.63) is 70.3 Å². The van der Waals surface area contributed by atoms with Gasteiger partial charge < -0.3 is 10.5 Å². The third-order valence-corrected chi connectivity index (χ3v) is 5.62. The fourth-order valence-electron chi connectivity index (χ4n) is 3.73. The molecule has 2 saturated carbocycles. The zero-order valence-corrected chi connectivity index (χ0v) is 15.5. The van der Waals surface area contributed by atoms with E-state index in [1.807, 2.05) is 18.2 Å². The van der Waals surface area contributed by atoms with E-state index in [0.29, 0.717) is 29.5 Å². The Bertz CT molecular complexity index is 831. The summed E-state index contributed by atoms with van der Waals surface area (Å²) in [6.45, 7) is 0.240. The third kappa shape index (κ3) is 4.67. The van der Waals surface area contributed by atoms with Crippen LogP contribution in [0.2, 0.25) is 0 Å². The van der Waals surface area contributed by atoms with E-state index in [-0.39, 0.29) is 12.4 Å². The molecule has 0 amide bonds. The van der Waals surface area contributed by atoms with Gasteiger partial charge in [-0.3, -0.25) is 0 Å². The molecule has 0 saturated heterocycles. The first-order valence-electron chi connectivity index (χ1n) is 9.86. The molecule has 2 aliphatic carbocycles. The van der Waals surface area contributed by atoms with Crippen molar-refractivity contribution in [2.24, 2.45) is 11.7 Å². The number of halogens is 1. The van der Waals surface area contributed by atoms with E-state index in [0.717, 1.165) is 37.9 Å². The van der Waals surface area contributed by atoms with Gasteiger partial charge in [0.05, 0.1) is 5.92 Å². The number of ether oxygens (including phenoxy) is 1. The average Bonchev–Trinajstić information content (AvgIpc) is 3.47. The van der Waals surface area contributed by atoms with E-state index >= 15 is 0 Å². The molecule has 0 bridgehead atoms. The minimum Gasteiger partial charge on any atom is -0.489 e. The van der Waals surface area contributed by atoms with Crippen molar-refractivity contribution < 1.29 is 9.13 Å². The zero-order valence-electron chi connectivity index (χ0n) is 15.5. The van der Waals surface area contributed by atoms with Crippen LogP contribution >= 0.6 is 0 Å². The lowest BCUT2D eigenvalue weighted by Gasteiger charge is -2.15. The average molecular weight is 365 g/mol. The summed E-state index contributed by atoms with van der Waals surface area (Å²) in [5.74, 6) is 1.48. The summed E-state index contributed by atoms with van der Waals surface area (Å²) in [6.07, 6.45) is 5.47. The van der Waals surface area contributed by atoms with Crippen molar-refractivity contribution in [2.45, 2.75) is 56.7 Å². The summed E-state index contributed by atoms with van der Waals surface area (Å²) in [5.41, 5.74) is 7.81. The van der Waals surface area contributed by atoms with E-state index in [1.165, 1.54) is 11.6 Å². The van der Waals surface area contributed by atoms with Gasteiger partial charge in [-0.05, 0) is 43.0 Å². The Morgan fingerprint density at radius 3 is 2.52 bits per heavy atom. The van der Waals surface area contributed by atoms with Crippen LogP contribution in [0, 0.1) is 17.8 Å². The number of rotatable bonds is 4. The number of hydrogen-bond donors (Lipinski definition) is 1. The molecular weight excluding hydrogens is 339 g/mol. The molecule has 1 unspecified atom stereocenters. The number of nitrogens with zero attached hydrogens (tertiary/aromatic N) is 1. The topological polar surface area (TPSA) is 39.6 Å². The van der Waals surface area contributed by atoms with Gasteiger partial charge in [-0.1, -0.05) is 35.2 Å². The molecule has 2 atom stereocenters.